The Bertz CT molecular complexity index is 1050. The molecule has 0 spiro atoms. The summed E-state index contributed by atoms with van der Waals surface area (Å²) >= 11 is 0. The highest BCUT2D eigenvalue weighted by atomic mass is 19.1. The van der Waals surface area contributed by atoms with Crippen LogP contribution in [-0.2, 0) is 6.54 Å². The first-order chi connectivity index (χ1) is 12.6. The molecule has 130 valence electrons. The van der Waals surface area contributed by atoms with Crippen molar-refractivity contribution in [3.63, 3.8) is 0 Å². The lowest BCUT2D eigenvalue weighted by Gasteiger charge is -2.08. The molecule has 0 aliphatic carbocycles. The molecule has 0 aliphatic rings. The number of nitrogens with two attached hydrogens (primary N) is 1. The van der Waals surface area contributed by atoms with Crippen LogP contribution < -0.4 is 11.1 Å². The predicted octanol–water partition coefficient (Wildman–Crippen LogP) is 4.70. The van der Waals surface area contributed by atoms with Crippen molar-refractivity contribution in [2.45, 2.75) is 6.54 Å². The topological polar surface area (TPSA) is 66.7 Å². The Balaban J connectivity index is 1.62. The summed E-state index contributed by atoms with van der Waals surface area (Å²) in [6, 6.07) is 13.0. The molecule has 6 heteroatoms. The Kier molecular flexibility index (Phi) is 4.01. The van der Waals surface area contributed by atoms with E-state index in [0.717, 1.165) is 33.9 Å². The SMILES string of the molecule is Nc1ccc(-c2c[nH]c3ncc(NCc4cc(F)cc(F)c4)cc23)cc1. The van der Waals surface area contributed by atoms with Crippen molar-refractivity contribution in [3.05, 3.63) is 78.1 Å². The number of fused-ring (bicyclic) bond motifs is 1. The molecule has 4 aromatic rings. The van der Waals surface area contributed by atoms with Gasteiger partial charge in [0.05, 0.1) is 11.9 Å². The zero-order chi connectivity index (χ0) is 18.1. The molecule has 0 unspecified atom stereocenters. The minimum absolute atomic E-state index is 0.295. The first kappa shape index (κ1) is 16.1. The fourth-order valence-corrected chi connectivity index (χ4v) is 2.92. The van der Waals surface area contributed by atoms with E-state index in [4.69, 9.17) is 5.73 Å². The number of aromatic amines is 1. The van der Waals surface area contributed by atoms with Gasteiger partial charge in [-0.15, -0.1) is 0 Å². The van der Waals surface area contributed by atoms with E-state index in [1.807, 2.05) is 36.5 Å². The molecule has 0 saturated heterocycles. The summed E-state index contributed by atoms with van der Waals surface area (Å²) < 4.78 is 26.6. The molecule has 26 heavy (non-hydrogen) atoms. The molecule has 2 aromatic heterocycles. The first-order valence-electron chi connectivity index (χ1n) is 8.10. The van der Waals surface area contributed by atoms with Crippen LogP contribution in [0.25, 0.3) is 22.2 Å². The lowest BCUT2D eigenvalue weighted by atomic mass is 10.1. The average Bonchev–Trinajstić information content (AvgIpc) is 3.03. The highest BCUT2D eigenvalue weighted by Crippen LogP contribution is 2.30. The smallest absolute Gasteiger partial charge is 0.138 e. The molecule has 2 aromatic carbocycles. The van der Waals surface area contributed by atoms with E-state index in [1.54, 1.807) is 6.20 Å². The minimum Gasteiger partial charge on any atom is -0.399 e. The number of nitrogens with one attached hydrogen (secondary N) is 2. The quantitative estimate of drug-likeness (QED) is 0.467. The maximum absolute atomic E-state index is 13.3. The van der Waals surface area contributed by atoms with E-state index in [-0.39, 0.29) is 0 Å². The molecule has 0 radical (unpaired) electrons. The summed E-state index contributed by atoms with van der Waals surface area (Å²) in [6.07, 6.45) is 3.58. The van der Waals surface area contributed by atoms with Crippen molar-refractivity contribution < 1.29 is 8.78 Å². The van der Waals surface area contributed by atoms with Crippen LogP contribution in [0.2, 0.25) is 0 Å². The number of benzene rings is 2. The molecule has 0 fully saturated rings. The van der Waals surface area contributed by atoms with Crippen LogP contribution in [0.1, 0.15) is 5.56 Å². The van der Waals surface area contributed by atoms with Gasteiger partial charge >= 0.3 is 0 Å². The molecule has 0 saturated carbocycles. The number of aromatic nitrogens is 2. The molecular formula is C20H16F2N4. The predicted molar refractivity (Wildman–Crippen MR) is 99.6 cm³/mol. The number of pyridine rings is 1. The van der Waals surface area contributed by atoms with Gasteiger partial charge in [0.25, 0.3) is 0 Å². The number of halogens is 2. The summed E-state index contributed by atoms with van der Waals surface area (Å²) in [5, 5.41) is 4.10. The number of hydrogen-bond acceptors (Lipinski definition) is 3. The Hall–Kier alpha value is -3.41. The van der Waals surface area contributed by atoms with Crippen LogP contribution in [0.5, 0.6) is 0 Å². The van der Waals surface area contributed by atoms with Crippen molar-refractivity contribution in [2.75, 3.05) is 11.1 Å². The van der Waals surface area contributed by atoms with Crippen molar-refractivity contribution in [1.29, 1.82) is 0 Å². The number of nitrogens with zero attached hydrogens (tertiary/aromatic N) is 1. The average molecular weight is 350 g/mol. The van der Waals surface area contributed by atoms with Crippen LogP contribution in [-0.4, -0.2) is 9.97 Å². The van der Waals surface area contributed by atoms with Gasteiger partial charge in [-0.1, -0.05) is 12.1 Å². The van der Waals surface area contributed by atoms with Crippen molar-refractivity contribution >= 4 is 22.4 Å². The number of nitrogen functional groups attached to an aromatic ring is 1. The van der Waals surface area contributed by atoms with Crippen LogP contribution in [0.15, 0.2) is 60.9 Å². The number of H-pyrrole nitrogens is 1. The second-order valence-corrected chi connectivity index (χ2v) is 6.08. The Labute approximate surface area is 148 Å². The van der Waals surface area contributed by atoms with Gasteiger partial charge in [-0.25, -0.2) is 13.8 Å². The maximum Gasteiger partial charge on any atom is 0.138 e. The molecule has 0 bridgehead atoms. The third-order valence-corrected chi connectivity index (χ3v) is 4.17. The zero-order valence-corrected chi connectivity index (χ0v) is 13.8. The van der Waals surface area contributed by atoms with E-state index in [1.165, 1.54) is 12.1 Å². The van der Waals surface area contributed by atoms with Gasteiger partial charge in [-0.2, -0.15) is 0 Å². The molecular weight excluding hydrogens is 334 g/mol. The number of anilines is 2. The summed E-state index contributed by atoms with van der Waals surface area (Å²) in [5.41, 5.74) is 10.5. The van der Waals surface area contributed by atoms with E-state index >= 15 is 0 Å². The monoisotopic (exact) mass is 350 g/mol. The molecule has 4 rings (SSSR count). The van der Waals surface area contributed by atoms with Gasteiger partial charge in [-0.05, 0) is 41.5 Å². The number of hydrogen-bond donors (Lipinski definition) is 3. The summed E-state index contributed by atoms with van der Waals surface area (Å²) in [6.45, 7) is 0.295. The largest absolute Gasteiger partial charge is 0.399 e. The minimum atomic E-state index is -0.591. The van der Waals surface area contributed by atoms with Crippen LogP contribution in [0.3, 0.4) is 0 Å². The van der Waals surface area contributed by atoms with Gasteiger partial charge in [-0.3, -0.25) is 0 Å². The fraction of sp³-hybridized carbons (Fsp3) is 0.0500. The summed E-state index contributed by atoms with van der Waals surface area (Å²) in [7, 11) is 0. The molecule has 0 atom stereocenters. The molecule has 0 amide bonds. The molecule has 4 nitrogen and oxygen atoms in total. The van der Waals surface area contributed by atoms with E-state index in [0.29, 0.717) is 17.8 Å². The van der Waals surface area contributed by atoms with Gasteiger partial charge < -0.3 is 16.0 Å². The van der Waals surface area contributed by atoms with Gasteiger partial charge in [0.1, 0.15) is 17.3 Å². The van der Waals surface area contributed by atoms with Crippen LogP contribution in [0, 0.1) is 11.6 Å². The third kappa shape index (κ3) is 3.21. The highest BCUT2D eigenvalue weighted by molar-refractivity contribution is 5.95. The highest BCUT2D eigenvalue weighted by Gasteiger charge is 2.08. The normalized spacial score (nSPS) is 11.0. The standard InChI is InChI=1S/C20H16F2N4/c21-14-5-12(6-15(22)7-14)9-24-17-8-18-19(11-26-20(18)25-10-17)13-1-3-16(23)4-2-13/h1-8,10-11,24H,9,23H2,(H,25,26). The molecule has 2 heterocycles. The third-order valence-electron chi connectivity index (χ3n) is 4.17. The number of rotatable bonds is 4. The van der Waals surface area contributed by atoms with Crippen molar-refractivity contribution in [2.24, 2.45) is 0 Å². The lowest BCUT2D eigenvalue weighted by molar-refractivity contribution is 0.580. The van der Waals surface area contributed by atoms with Crippen LogP contribution in [0.4, 0.5) is 20.2 Å². The van der Waals surface area contributed by atoms with Crippen LogP contribution >= 0.6 is 0 Å². The second-order valence-electron chi connectivity index (χ2n) is 6.08. The van der Waals surface area contributed by atoms with Crippen molar-refractivity contribution in [3.8, 4) is 11.1 Å². The summed E-state index contributed by atoms with van der Waals surface area (Å²) in [5.74, 6) is -1.18. The van der Waals surface area contributed by atoms with Crippen molar-refractivity contribution in [1.82, 2.24) is 9.97 Å². The Morgan fingerprint density at radius 3 is 2.46 bits per heavy atom. The van der Waals surface area contributed by atoms with Gasteiger partial charge in [0.2, 0.25) is 0 Å². The van der Waals surface area contributed by atoms with Gasteiger partial charge in [0, 0.05) is 35.4 Å². The summed E-state index contributed by atoms with van der Waals surface area (Å²) in [4.78, 5) is 7.55. The van der Waals surface area contributed by atoms with E-state index < -0.39 is 11.6 Å². The molecule has 4 N–H and O–H groups in total. The van der Waals surface area contributed by atoms with E-state index in [2.05, 4.69) is 15.3 Å². The lowest BCUT2D eigenvalue weighted by Crippen LogP contribution is -2.01. The van der Waals surface area contributed by atoms with E-state index in [9.17, 15) is 8.78 Å². The first-order valence-corrected chi connectivity index (χ1v) is 8.10. The second kappa shape index (κ2) is 6.48. The zero-order valence-electron chi connectivity index (χ0n) is 13.8. The Morgan fingerprint density at radius 1 is 1.00 bits per heavy atom. The fourth-order valence-electron chi connectivity index (χ4n) is 2.92. The Morgan fingerprint density at radius 2 is 1.73 bits per heavy atom. The molecule has 0 aliphatic heterocycles. The maximum atomic E-state index is 13.3. The van der Waals surface area contributed by atoms with Gasteiger partial charge in [0.15, 0.2) is 0 Å².